The average molecular weight is 485 g/mol. The smallest absolute Gasteiger partial charge is 0.347 e. The van der Waals surface area contributed by atoms with E-state index in [2.05, 4.69) is 13.8 Å². The number of esters is 4. The molecule has 0 amide bonds. The summed E-state index contributed by atoms with van der Waals surface area (Å²) in [7, 11) is 0. The van der Waals surface area contributed by atoms with E-state index < -0.39 is 36.1 Å². The number of hydrogen-bond acceptors (Lipinski definition) is 8. The van der Waals surface area contributed by atoms with Crippen molar-refractivity contribution in [3.05, 3.63) is 12.2 Å². The summed E-state index contributed by atoms with van der Waals surface area (Å²) in [6, 6.07) is 0. The lowest BCUT2D eigenvalue weighted by Gasteiger charge is -2.17. The minimum atomic E-state index is -1.11. The second-order valence-electron chi connectivity index (χ2n) is 8.58. The molecule has 8 heteroatoms. The number of ether oxygens (including phenoxy) is 4. The average Bonchev–Trinajstić information content (AvgIpc) is 2.82. The first-order valence-electron chi connectivity index (χ1n) is 12.6. The zero-order valence-electron chi connectivity index (χ0n) is 21.8. The van der Waals surface area contributed by atoms with E-state index in [1.165, 1.54) is 13.8 Å². The second-order valence-corrected chi connectivity index (χ2v) is 8.58. The molecule has 4 unspecified atom stereocenters. The van der Waals surface area contributed by atoms with Gasteiger partial charge in [0.1, 0.15) is 0 Å². The Hall–Kier alpha value is -2.38. The van der Waals surface area contributed by atoms with Gasteiger partial charge in [-0.3, -0.25) is 0 Å². The van der Waals surface area contributed by atoms with Gasteiger partial charge in [0.25, 0.3) is 0 Å². The number of unbranched alkanes of at least 4 members (excludes halogenated alkanes) is 2. The molecular formula is C26H44O8. The monoisotopic (exact) mass is 484 g/mol. The summed E-state index contributed by atoms with van der Waals surface area (Å²) in [4.78, 5) is 47.9. The minimum absolute atomic E-state index is 0.277. The van der Waals surface area contributed by atoms with Crippen molar-refractivity contribution in [2.24, 2.45) is 11.8 Å². The number of hydrogen-bond donors (Lipinski definition) is 0. The van der Waals surface area contributed by atoms with Crippen LogP contribution < -0.4 is 0 Å². The molecule has 0 aliphatic carbocycles. The van der Waals surface area contributed by atoms with Gasteiger partial charge in [-0.2, -0.15) is 0 Å². The van der Waals surface area contributed by atoms with E-state index in [1.54, 1.807) is 0 Å². The zero-order valence-corrected chi connectivity index (χ0v) is 21.8. The highest BCUT2D eigenvalue weighted by atomic mass is 16.6. The summed E-state index contributed by atoms with van der Waals surface area (Å²) in [6.07, 6.45) is 7.51. The molecule has 4 atom stereocenters. The number of carbonyl (C=O) groups excluding carboxylic acids is 4. The molecule has 0 N–H and O–H groups in total. The zero-order chi connectivity index (χ0) is 25.9. The highest BCUT2D eigenvalue weighted by molar-refractivity contribution is 5.93. The molecule has 0 fully saturated rings. The first-order valence-corrected chi connectivity index (χ1v) is 12.6. The van der Waals surface area contributed by atoms with Crippen LogP contribution in [0.25, 0.3) is 0 Å². The lowest BCUT2D eigenvalue weighted by Crippen LogP contribution is -2.28. The number of rotatable bonds is 18. The minimum Gasteiger partial charge on any atom is -0.463 e. The van der Waals surface area contributed by atoms with Crippen LogP contribution in [0.2, 0.25) is 0 Å². The van der Waals surface area contributed by atoms with Crippen molar-refractivity contribution >= 4 is 23.9 Å². The van der Waals surface area contributed by atoms with E-state index in [-0.39, 0.29) is 25.0 Å². The first kappa shape index (κ1) is 31.6. The van der Waals surface area contributed by atoms with Crippen molar-refractivity contribution in [2.45, 2.75) is 105 Å². The van der Waals surface area contributed by atoms with Gasteiger partial charge in [-0.25, -0.2) is 19.2 Å². The van der Waals surface area contributed by atoms with Crippen LogP contribution in [0.4, 0.5) is 0 Å². The van der Waals surface area contributed by atoms with Gasteiger partial charge in [-0.15, -0.1) is 0 Å². The van der Waals surface area contributed by atoms with Crippen LogP contribution in [0.1, 0.15) is 92.9 Å². The first-order chi connectivity index (χ1) is 16.2. The Balaban J connectivity index is 4.40. The molecule has 0 saturated heterocycles. The molecule has 0 aromatic rings. The maximum absolute atomic E-state index is 12.1. The highest BCUT2D eigenvalue weighted by Crippen LogP contribution is 2.14. The van der Waals surface area contributed by atoms with Crippen molar-refractivity contribution in [3.8, 4) is 0 Å². The van der Waals surface area contributed by atoms with Crippen molar-refractivity contribution in [1.82, 2.24) is 0 Å². The van der Waals surface area contributed by atoms with Gasteiger partial charge in [0.15, 0.2) is 12.2 Å². The van der Waals surface area contributed by atoms with E-state index in [4.69, 9.17) is 18.9 Å². The third kappa shape index (κ3) is 14.7. The fraction of sp³-hybridized carbons (Fsp3) is 0.769. The molecule has 0 saturated carbocycles. The Morgan fingerprint density at radius 2 is 1.00 bits per heavy atom. The summed E-state index contributed by atoms with van der Waals surface area (Å²) >= 11 is 0. The van der Waals surface area contributed by atoms with E-state index in [0.29, 0.717) is 0 Å². The van der Waals surface area contributed by atoms with E-state index in [0.717, 1.165) is 63.5 Å². The lowest BCUT2D eigenvalue weighted by molar-refractivity contribution is -0.165. The topological polar surface area (TPSA) is 105 Å². The summed E-state index contributed by atoms with van der Waals surface area (Å²) in [5.74, 6) is -2.51. The van der Waals surface area contributed by atoms with Crippen LogP contribution in [-0.4, -0.2) is 49.3 Å². The van der Waals surface area contributed by atoms with Gasteiger partial charge in [0, 0.05) is 12.2 Å². The Labute approximate surface area is 204 Å². The molecule has 0 aromatic heterocycles. The Bertz CT molecular complexity index is 589. The maximum Gasteiger partial charge on any atom is 0.347 e. The van der Waals surface area contributed by atoms with Gasteiger partial charge in [-0.1, -0.05) is 66.2 Å². The maximum atomic E-state index is 12.1. The molecule has 196 valence electrons. The van der Waals surface area contributed by atoms with Gasteiger partial charge >= 0.3 is 23.9 Å². The molecular weight excluding hydrogens is 440 g/mol. The van der Waals surface area contributed by atoms with Crippen LogP contribution >= 0.6 is 0 Å². The fourth-order valence-electron chi connectivity index (χ4n) is 3.09. The van der Waals surface area contributed by atoms with Crippen molar-refractivity contribution in [1.29, 1.82) is 0 Å². The third-order valence-corrected chi connectivity index (χ3v) is 5.61. The standard InChI is InChI=1S/C26H44O8/c1-7-11-13-21(9-3)17-31-25(29)19(5)33-23(27)15-16-24(28)34-20(6)26(30)32-18-22(10-4)14-12-8-2/h15-16,19-22H,7-14,17-18H2,1-6H3/b16-15-. The molecule has 0 aliphatic rings. The van der Waals surface area contributed by atoms with Gasteiger partial charge in [-0.05, 0) is 38.5 Å². The van der Waals surface area contributed by atoms with E-state index >= 15 is 0 Å². The van der Waals surface area contributed by atoms with Gasteiger partial charge in [0.2, 0.25) is 0 Å². The van der Waals surface area contributed by atoms with Crippen LogP contribution in [0.3, 0.4) is 0 Å². The second kappa shape index (κ2) is 19.0. The Kier molecular flexibility index (Phi) is 17.7. The van der Waals surface area contributed by atoms with Crippen molar-refractivity contribution in [3.63, 3.8) is 0 Å². The molecule has 0 spiro atoms. The molecule has 0 aliphatic heterocycles. The summed E-state index contributed by atoms with van der Waals surface area (Å²) in [5.41, 5.74) is 0. The molecule has 0 bridgehead atoms. The summed E-state index contributed by atoms with van der Waals surface area (Å²) in [6.45, 7) is 11.7. The molecule has 0 heterocycles. The molecule has 0 aromatic carbocycles. The quantitative estimate of drug-likeness (QED) is 0.153. The third-order valence-electron chi connectivity index (χ3n) is 5.61. The predicted molar refractivity (Wildman–Crippen MR) is 129 cm³/mol. The summed E-state index contributed by atoms with van der Waals surface area (Å²) < 4.78 is 20.4. The Morgan fingerprint density at radius 3 is 1.29 bits per heavy atom. The molecule has 0 radical (unpaired) electrons. The van der Waals surface area contributed by atoms with Crippen LogP contribution in [0.5, 0.6) is 0 Å². The van der Waals surface area contributed by atoms with Crippen molar-refractivity contribution < 1.29 is 38.1 Å². The molecule has 8 nitrogen and oxygen atoms in total. The fourth-order valence-corrected chi connectivity index (χ4v) is 3.09. The SMILES string of the molecule is CCCCC(CC)COC(=O)C(C)OC(=O)/C=C\C(=O)OC(C)C(=O)OCC(CC)CCCC. The van der Waals surface area contributed by atoms with Crippen LogP contribution in [-0.2, 0) is 38.1 Å². The highest BCUT2D eigenvalue weighted by Gasteiger charge is 2.21. The van der Waals surface area contributed by atoms with Crippen LogP contribution in [0, 0.1) is 11.8 Å². The van der Waals surface area contributed by atoms with E-state index in [1.807, 2.05) is 13.8 Å². The largest absolute Gasteiger partial charge is 0.463 e. The normalized spacial score (nSPS) is 14.6. The van der Waals surface area contributed by atoms with Crippen LogP contribution in [0.15, 0.2) is 12.2 Å². The summed E-state index contributed by atoms with van der Waals surface area (Å²) in [5, 5.41) is 0. The molecule has 0 rings (SSSR count). The van der Waals surface area contributed by atoms with E-state index in [9.17, 15) is 19.2 Å². The van der Waals surface area contributed by atoms with Gasteiger partial charge < -0.3 is 18.9 Å². The number of carbonyl (C=O) groups is 4. The predicted octanol–water partition coefficient (Wildman–Crippen LogP) is 4.93. The Morgan fingerprint density at radius 1 is 0.647 bits per heavy atom. The lowest BCUT2D eigenvalue weighted by atomic mass is 10.0. The molecule has 34 heavy (non-hydrogen) atoms. The van der Waals surface area contributed by atoms with Crippen molar-refractivity contribution in [2.75, 3.05) is 13.2 Å². The van der Waals surface area contributed by atoms with Gasteiger partial charge in [0.05, 0.1) is 13.2 Å².